The first-order chi connectivity index (χ1) is 14.6. The number of aliphatic hydroxyl groups is 1. The molecule has 172 valence electrons. The lowest BCUT2D eigenvalue weighted by molar-refractivity contribution is -0.386. The van der Waals surface area contributed by atoms with Crippen molar-refractivity contribution in [2.24, 2.45) is 5.92 Å². The lowest BCUT2D eigenvalue weighted by atomic mass is 10.2. The van der Waals surface area contributed by atoms with Crippen LogP contribution in [0.5, 0.6) is 5.75 Å². The maximum atomic E-state index is 12.7. The van der Waals surface area contributed by atoms with Crippen molar-refractivity contribution in [1.82, 2.24) is 9.21 Å². The van der Waals surface area contributed by atoms with Crippen LogP contribution in [-0.2, 0) is 10.0 Å². The normalized spacial score (nSPS) is 15.9. The molecule has 0 radical (unpaired) electrons. The molecule has 11 heteroatoms. The van der Waals surface area contributed by atoms with E-state index in [-0.39, 0.29) is 23.8 Å². The van der Waals surface area contributed by atoms with E-state index in [1.807, 2.05) is 18.7 Å². The molecule has 1 aromatic rings. The SMILES string of the molecule is CC(C)CN(CCC#N)CC(O)COc1ccc(S(=O)(=O)N2CCCC2)cc1[N+](=O)[O-]. The summed E-state index contributed by atoms with van der Waals surface area (Å²) in [5.74, 6) is 0.245. The van der Waals surface area contributed by atoms with Gasteiger partial charge in [0, 0.05) is 45.2 Å². The molecular formula is C20H30N4O6S. The summed E-state index contributed by atoms with van der Waals surface area (Å²) in [7, 11) is -3.79. The number of hydrogen-bond donors (Lipinski definition) is 1. The van der Waals surface area contributed by atoms with Crippen LogP contribution in [0.1, 0.15) is 33.1 Å². The van der Waals surface area contributed by atoms with Crippen molar-refractivity contribution in [2.45, 2.75) is 44.1 Å². The van der Waals surface area contributed by atoms with E-state index in [9.17, 15) is 23.6 Å². The molecule has 1 aromatic carbocycles. The molecule has 1 atom stereocenters. The third kappa shape index (κ3) is 7.14. The predicted molar refractivity (Wildman–Crippen MR) is 114 cm³/mol. The van der Waals surface area contributed by atoms with Crippen molar-refractivity contribution >= 4 is 15.7 Å². The zero-order valence-electron chi connectivity index (χ0n) is 17.9. The van der Waals surface area contributed by atoms with Crippen LogP contribution in [0.2, 0.25) is 0 Å². The topological polar surface area (TPSA) is 137 Å². The van der Waals surface area contributed by atoms with E-state index in [4.69, 9.17) is 10.00 Å². The van der Waals surface area contributed by atoms with Gasteiger partial charge in [-0.2, -0.15) is 9.57 Å². The van der Waals surface area contributed by atoms with Gasteiger partial charge in [0.1, 0.15) is 12.7 Å². The molecule has 0 aromatic heterocycles. The highest BCUT2D eigenvalue weighted by atomic mass is 32.2. The van der Waals surface area contributed by atoms with Crippen LogP contribution in [0.4, 0.5) is 5.69 Å². The lowest BCUT2D eigenvalue weighted by Gasteiger charge is -2.25. The summed E-state index contributed by atoms with van der Waals surface area (Å²) in [6, 6.07) is 5.64. The Morgan fingerprint density at radius 3 is 2.58 bits per heavy atom. The molecule has 2 rings (SSSR count). The number of rotatable bonds is 12. The predicted octanol–water partition coefficient (Wildman–Crippen LogP) is 1.99. The summed E-state index contributed by atoms with van der Waals surface area (Å²) in [4.78, 5) is 12.6. The number of aliphatic hydroxyl groups excluding tert-OH is 1. The zero-order valence-corrected chi connectivity index (χ0v) is 18.8. The number of nitro benzene ring substituents is 1. The maximum absolute atomic E-state index is 12.7. The third-order valence-electron chi connectivity index (χ3n) is 4.89. The molecule has 1 N–H and O–H groups in total. The Labute approximate surface area is 183 Å². The molecule has 0 saturated carbocycles. The summed E-state index contributed by atoms with van der Waals surface area (Å²) in [5, 5.41) is 30.6. The average Bonchev–Trinajstić information content (AvgIpc) is 3.25. The number of nitrogens with zero attached hydrogens (tertiary/aromatic N) is 4. The molecule has 0 aliphatic carbocycles. The molecule has 1 saturated heterocycles. The fraction of sp³-hybridized carbons (Fsp3) is 0.650. The summed E-state index contributed by atoms with van der Waals surface area (Å²) in [5.41, 5.74) is -0.462. The van der Waals surface area contributed by atoms with Gasteiger partial charge in [0.15, 0.2) is 5.75 Å². The van der Waals surface area contributed by atoms with E-state index in [2.05, 4.69) is 6.07 Å². The highest BCUT2D eigenvalue weighted by Crippen LogP contribution is 2.32. The molecule has 1 aliphatic rings. The molecule has 31 heavy (non-hydrogen) atoms. The van der Waals surface area contributed by atoms with Gasteiger partial charge >= 0.3 is 5.69 Å². The number of nitriles is 1. The molecule has 1 fully saturated rings. The Hall–Kier alpha value is -2.26. The van der Waals surface area contributed by atoms with Crippen molar-refractivity contribution in [3.63, 3.8) is 0 Å². The van der Waals surface area contributed by atoms with Crippen molar-refractivity contribution in [3.05, 3.63) is 28.3 Å². The Morgan fingerprint density at radius 1 is 1.32 bits per heavy atom. The van der Waals surface area contributed by atoms with Crippen molar-refractivity contribution in [3.8, 4) is 11.8 Å². The smallest absolute Gasteiger partial charge is 0.312 e. The standard InChI is InChI=1S/C20H30N4O6S/c1-16(2)13-22(9-5-8-21)14-17(25)15-30-20-7-6-18(12-19(20)24(26)27)31(28,29)23-10-3-4-11-23/h6-7,12,16-17,25H,3-5,9-11,13-15H2,1-2H3. The van der Waals surface area contributed by atoms with E-state index >= 15 is 0 Å². The summed E-state index contributed by atoms with van der Waals surface area (Å²) in [6.07, 6.45) is 0.939. The monoisotopic (exact) mass is 454 g/mol. The molecule has 0 amide bonds. The van der Waals surface area contributed by atoms with Gasteiger partial charge in [-0.05, 0) is 30.9 Å². The minimum Gasteiger partial charge on any atom is -0.484 e. The van der Waals surface area contributed by atoms with Gasteiger partial charge in [-0.1, -0.05) is 13.8 Å². The maximum Gasteiger partial charge on any atom is 0.312 e. The molecule has 1 heterocycles. The average molecular weight is 455 g/mol. The molecule has 0 spiro atoms. The van der Waals surface area contributed by atoms with Crippen LogP contribution < -0.4 is 4.74 Å². The third-order valence-corrected chi connectivity index (χ3v) is 6.79. The summed E-state index contributed by atoms with van der Waals surface area (Å²) < 4.78 is 32.1. The Kier molecular flexibility index (Phi) is 9.18. The molecule has 1 unspecified atom stereocenters. The van der Waals surface area contributed by atoms with Crippen LogP contribution in [0, 0.1) is 27.4 Å². The van der Waals surface area contributed by atoms with Crippen LogP contribution in [0.25, 0.3) is 0 Å². The fourth-order valence-electron chi connectivity index (χ4n) is 3.52. The number of nitro groups is 1. The van der Waals surface area contributed by atoms with E-state index in [0.717, 1.165) is 18.9 Å². The number of hydrogen-bond acceptors (Lipinski definition) is 8. The first-order valence-electron chi connectivity index (χ1n) is 10.3. The number of benzene rings is 1. The molecule has 1 aliphatic heterocycles. The molecule has 0 bridgehead atoms. The first kappa shape index (κ1) is 25.0. The van der Waals surface area contributed by atoms with Gasteiger partial charge in [0.05, 0.1) is 15.9 Å². The number of ether oxygens (including phenoxy) is 1. The van der Waals surface area contributed by atoms with E-state index in [1.54, 1.807) is 0 Å². The fourth-order valence-corrected chi connectivity index (χ4v) is 5.06. The van der Waals surface area contributed by atoms with E-state index in [0.29, 0.717) is 38.5 Å². The van der Waals surface area contributed by atoms with Gasteiger partial charge in [-0.15, -0.1) is 0 Å². The van der Waals surface area contributed by atoms with Gasteiger partial charge in [-0.3, -0.25) is 15.0 Å². The van der Waals surface area contributed by atoms with Gasteiger partial charge in [-0.25, -0.2) is 8.42 Å². The van der Waals surface area contributed by atoms with Gasteiger partial charge in [0.2, 0.25) is 10.0 Å². The number of sulfonamides is 1. The highest BCUT2D eigenvalue weighted by Gasteiger charge is 2.30. The summed E-state index contributed by atoms with van der Waals surface area (Å²) >= 11 is 0. The second-order valence-corrected chi connectivity index (χ2v) is 9.96. The van der Waals surface area contributed by atoms with Crippen LogP contribution >= 0.6 is 0 Å². The Morgan fingerprint density at radius 2 is 2.00 bits per heavy atom. The van der Waals surface area contributed by atoms with E-state index < -0.39 is 26.7 Å². The largest absolute Gasteiger partial charge is 0.484 e. The second kappa shape index (κ2) is 11.4. The van der Waals surface area contributed by atoms with Gasteiger partial charge < -0.3 is 9.84 Å². The Balaban J connectivity index is 2.08. The zero-order chi connectivity index (χ0) is 23.0. The van der Waals surface area contributed by atoms with Gasteiger partial charge in [0.25, 0.3) is 0 Å². The Bertz CT molecular complexity index is 893. The van der Waals surface area contributed by atoms with E-state index in [1.165, 1.54) is 16.4 Å². The van der Waals surface area contributed by atoms with Crippen molar-refractivity contribution < 1.29 is 23.2 Å². The lowest BCUT2D eigenvalue weighted by Crippen LogP contribution is -2.38. The molecular weight excluding hydrogens is 424 g/mol. The minimum absolute atomic E-state index is 0.100. The van der Waals surface area contributed by atoms with Crippen molar-refractivity contribution in [2.75, 3.05) is 39.3 Å². The van der Waals surface area contributed by atoms with Crippen molar-refractivity contribution in [1.29, 1.82) is 5.26 Å². The highest BCUT2D eigenvalue weighted by molar-refractivity contribution is 7.89. The summed E-state index contributed by atoms with van der Waals surface area (Å²) in [6.45, 7) is 6.14. The quantitative estimate of drug-likeness (QED) is 0.374. The second-order valence-electron chi connectivity index (χ2n) is 8.02. The molecule has 10 nitrogen and oxygen atoms in total. The van der Waals surface area contributed by atoms with Crippen LogP contribution in [0.15, 0.2) is 23.1 Å². The first-order valence-corrected chi connectivity index (χ1v) is 11.8. The van der Waals surface area contributed by atoms with Crippen LogP contribution in [0.3, 0.4) is 0 Å². The van der Waals surface area contributed by atoms with Crippen LogP contribution in [-0.4, -0.2) is 73.1 Å². The minimum atomic E-state index is -3.79.